The predicted molar refractivity (Wildman–Crippen MR) is 129 cm³/mol. The van der Waals surface area contributed by atoms with Gasteiger partial charge in [-0.1, -0.05) is 42.5 Å². The number of rotatable bonds is 5. The van der Waals surface area contributed by atoms with Gasteiger partial charge in [-0.3, -0.25) is 9.59 Å². The number of piperidine rings is 1. The number of carbonyl (C=O) groups is 2. The summed E-state index contributed by atoms with van der Waals surface area (Å²) in [6.07, 6.45) is 1.19. The van der Waals surface area contributed by atoms with Crippen LogP contribution < -0.4 is 5.32 Å². The Morgan fingerprint density at radius 3 is 2.48 bits per heavy atom. The summed E-state index contributed by atoms with van der Waals surface area (Å²) in [6.45, 7) is 3.02. The van der Waals surface area contributed by atoms with Crippen molar-refractivity contribution in [3.05, 3.63) is 78.1 Å². The smallest absolute Gasteiger partial charge is 0.231 e. The van der Waals surface area contributed by atoms with Crippen LogP contribution in [0.2, 0.25) is 0 Å². The van der Waals surface area contributed by atoms with Crippen LogP contribution in [0.1, 0.15) is 31.1 Å². The maximum Gasteiger partial charge on any atom is 0.231 e. The van der Waals surface area contributed by atoms with Gasteiger partial charge in [0.2, 0.25) is 11.8 Å². The molecule has 6 nitrogen and oxygen atoms in total. The molecule has 0 radical (unpaired) electrons. The van der Waals surface area contributed by atoms with Crippen molar-refractivity contribution in [2.75, 3.05) is 13.1 Å². The molecule has 1 aliphatic heterocycles. The van der Waals surface area contributed by atoms with Crippen molar-refractivity contribution in [1.82, 2.24) is 15.2 Å². The number of fused-ring (bicyclic) bond motifs is 1. The van der Waals surface area contributed by atoms with Gasteiger partial charge in [0.05, 0.1) is 22.2 Å². The molecule has 33 heavy (non-hydrogen) atoms. The summed E-state index contributed by atoms with van der Waals surface area (Å²) < 4.78 is 7.12. The van der Waals surface area contributed by atoms with E-state index in [1.54, 1.807) is 18.3 Å². The molecule has 0 spiro atoms. The molecular formula is C26H25N3O3S. The van der Waals surface area contributed by atoms with Gasteiger partial charge in [-0.2, -0.15) is 0 Å². The third kappa shape index (κ3) is 4.16. The van der Waals surface area contributed by atoms with Crippen LogP contribution in [0.5, 0.6) is 0 Å². The minimum absolute atomic E-state index is 0.0326. The van der Waals surface area contributed by atoms with E-state index in [1.807, 2.05) is 71.6 Å². The van der Waals surface area contributed by atoms with Gasteiger partial charge in [-0.05, 0) is 42.7 Å². The average molecular weight is 460 g/mol. The molecule has 0 atom stereocenters. The zero-order chi connectivity index (χ0) is 22.8. The van der Waals surface area contributed by atoms with Crippen LogP contribution in [0.3, 0.4) is 0 Å². The lowest BCUT2D eigenvalue weighted by atomic mass is 9.72. The van der Waals surface area contributed by atoms with E-state index in [9.17, 15) is 9.59 Å². The van der Waals surface area contributed by atoms with Crippen LogP contribution in [0.4, 0.5) is 0 Å². The van der Waals surface area contributed by atoms with Gasteiger partial charge >= 0.3 is 0 Å². The minimum atomic E-state index is -0.657. The lowest BCUT2D eigenvalue weighted by molar-refractivity contribution is -0.135. The molecule has 1 N–H and O–H groups in total. The number of aromatic nitrogens is 1. The number of nitrogens with one attached hydrogen (secondary N) is 1. The highest BCUT2D eigenvalue weighted by Gasteiger charge is 2.43. The maximum absolute atomic E-state index is 13.5. The van der Waals surface area contributed by atoms with Gasteiger partial charge < -0.3 is 14.6 Å². The molecule has 0 unspecified atom stereocenters. The SMILES string of the molecule is CC(=O)N1CCC(C(=O)NCc2ccc(-c3nc4ccccc4s3)o2)(c2ccccc2)CC1. The molecular weight excluding hydrogens is 434 g/mol. The van der Waals surface area contributed by atoms with Gasteiger partial charge in [0.1, 0.15) is 5.76 Å². The number of nitrogens with zero attached hydrogens (tertiary/aromatic N) is 2. The topological polar surface area (TPSA) is 75.4 Å². The van der Waals surface area contributed by atoms with E-state index in [0.29, 0.717) is 44.0 Å². The molecule has 3 heterocycles. The lowest BCUT2D eigenvalue weighted by Crippen LogP contribution is -2.52. The average Bonchev–Trinajstić information content (AvgIpc) is 3.50. The molecule has 2 aromatic heterocycles. The van der Waals surface area contributed by atoms with Crippen molar-refractivity contribution in [3.8, 4) is 10.8 Å². The standard InChI is InChI=1S/C26H25N3O3S/c1-18(30)29-15-13-26(14-16-29,19-7-3-2-4-8-19)25(31)27-17-20-11-12-22(32-20)24-28-21-9-5-6-10-23(21)33-24/h2-12H,13-17H2,1H3,(H,27,31). The Balaban J connectivity index is 1.32. The Labute approximate surface area is 196 Å². The molecule has 7 heteroatoms. The summed E-state index contributed by atoms with van der Waals surface area (Å²) in [5, 5.41) is 3.92. The zero-order valence-electron chi connectivity index (χ0n) is 18.4. The van der Waals surface area contributed by atoms with E-state index >= 15 is 0 Å². The number of hydrogen-bond acceptors (Lipinski definition) is 5. The highest BCUT2D eigenvalue weighted by Crippen LogP contribution is 2.36. The second-order valence-electron chi connectivity index (χ2n) is 8.39. The number of para-hydroxylation sites is 1. The fourth-order valence-corrected chi connectivity index (χ4v) is 5.44. The van der Waals surface area contributed by atoms with Crippen LogP contribution in [0.25, 0.3) is 21.0 Å². The fraction of sp³-hybridized carbons (Fsp3) is 0.269. The highest BCUT2D eigenvalue weighted by molar-refractivity contribution is 7.21. The Morgan fingerprint density at radius 1 is 1.03 bits per heavy atom. The van der Waals surface area contributed by atoms with Crippen LogP contribution in [0.15, 0.2) is 71.1 Å². The third-order valence-electron chi connectivity index (χ3n) is 6.41. The van der Waals surface area contributed by atoms with E-state index in [-0.39, 0.29) is 11.8 Å². The van der Waals surface area contributed by atoms with Gasteiger partial charge in [0, 0.05) is 20.0 Å². The Bertz CT molecular complexity index is 1250. The fourth-order valence-electron chi connectivity index (χ4n) is 4.51. The van der Waals surface area contributed by atoms with Crippen molar-refractivity contribution in [2.45, 2.75) is 31.7 Å². The molecule has 1 fully saturated rings. The van der Waals surface area contributed by atoms with E-state index in [0.717, 1.165) is 20.8 Å². The van der Waals surface area contributed by atoms with Gasteiger partial charge in [0.15, 0.2) is 10.8 Å². The van der Waals surface area contributed by atoms with Crippen molar-refractivity contribution in [3.63, 3.8) is 0 Å². The monoisotopic (exact) mass is 459 g/mol. The summed E-state index contributed by atoms with van der Waals surface area (Å²) in [7, 11) is 0. The minimum Gasteiger partial charge on any atom is -0.457 e. The molecule has 5 rings (SSSR count). The summed E-state index contributed by atoms with van der Waals surface area (Å²) in [6, 6.07) is 21.6. The number of thiazole rings is 1. The summed E-state index contributed by atoms with van der Waals surface area (Å²) in [5.74, 6) is 1.40. The van der Waals surface area contributed by atoms with Crippen molar-refractivity contribution < 1.29 is 14.0 Å². The first-order valence-corrected chi connectivity index (χ1v) is 11.9. The Morgan fingerprint density at radius 2 is 1.76 bits per heavy atom. The molecule has 0 aliphatic carbocycles. The van der Waals surface area contributed by atoms with Crippen LogP contribution in [0, 0.1) is 0 Å². The molecule has 1 aliphatic rings. The molecule has 4 aromatic rings. The number of likely N-dealkylation sites (tertiary alicyclic amines) is 1. The van der Waals surface area contributed by atoms with E-state index in [1.165, 1.54) is 0 Å². The number of hydrogen-bond donors (Lipinski definition) is 1. The van der Waals surface area contributed by atoms with E-state index in [4.69, 9.17) is 4.42 Å². The molecule has 1 saturated heterocycles. The van der Waals surface area contributed by atoms with Crippen LogP contribution in [-0.4, -0.2) is 34.8 Å². The number of carbonyl (C=O) groups excluding carboxylic acids is 2. The van der Waals surface area contributed by atoms with Crippen molar-refractivity contribution in [2.24, 2.45) is 0 Å². The second-order valence-corrected chi connectivity index (χ2v) is 9.42. The van der Waals surface area contributed by atoms with Gasteiger partial charge in [0.25, 0.3) is 0 Å². The maximum atomic E-state index is 13.5. The van der Waals surface area contributed by atoms with Crippen LogP contribution in [-0.2, 0) is 21.5 Å². The van der Waals surface area contributed by atoms with Crippen molar-refractivity contribution in [1.29, 1.82) is 0 Å². The highest BCUT2D eigenvalue weighted by atomic mass is 32.1. The quantitative estimate of drug-likeness (QED) is 0.467. The molecule has 168 valence electrons. The molecule has 2 amide bonds. The predicted octanol–water partition coefficient (Wildman–Crippen LogP) is 4.75. The molecule has 0 saturated carbocycles. The van der Waals surface area contributed by atoms with Crippen molar-refractivity contribution >= 4 is 33.4 Å². The second kappa shape index (κ2) is 8.83. The first kappa shape index (κ1) is 21.4. The Kier molecular flexibility index (Phi) is 5.72. The largest absolute Gasteiger partial charge is 0.457 e. The van der Waals surface area contributed by atoms with Crippen LogP contribution >= 0.6 is 11.3 Å². The number of benzene rings is 2. The molecule has 2 aromatic carbocycles. The van der Waals surface area contributed by atoms with Gasteiger partial charge in [-0.25, -0.2) is 4.98 Å². The molecule has 0 bridgehead atoms. The van der Waals surface area contributed by atoms with E-state index < -0.39 is 5.41 Å². The van der Waals surface area contributed by atoms with Gasteiger partial charge in [-0.15, -0.1) is 11.3 Å². The summed E-state index contributed by atoms with van der Waals surface area (Å²) in [4.78, 5) is 31.8. The zero-order valence-corrected chi connectivity index (χ0v) is 19.2. The summed E-state index contributed by atoms with van der Waals surface area (Å²) >= 11 is 1.59. The first-order chi connectivity index (χ1) is 16.0. The first-order valence-electron chi connectivity index (χ1n) is 11.1. The number of amides is 2. The number of furan rings is 1. The summed E-state index contributed by atoms with van der Waals surface area (Å²) in [5.41, 5.74) is 1.28. The Hall–Kier alpha value is -3.45. The van der Waals surface area contributed by atoms with E-state index in [2.05, 4.69) is 10.3 Å². The normalized spacial score (nSPS) is 15.5. The third-order valence-corrected chi connectivity index (χ3v) is 7.46. The lowest BCUT2D eigenvalue weighted by Gasteiger charge is -2.40.